The molecule has 7 heteroatoms. The Morgan fingerprint density at radius 2 is 2.25 bits per heavy atom. The molecule has 1 aliphatic rings. The fourth-order valence-electron chi connectivity index (χ4n) is 1.47. The number of nitro benzene ring substituents is 1. The van der Waals surface area contributed by atoms with E-state index in [9.17, 15) is 14.9 Å². The van der Waals surface area contributed by atoms with Crippen molar-refractivity contribution >= 4 is 17.4 Å². The largest absolute Gasteiger partial charge is 0.335 e. The van der Waals surface area contributed by atoms with E-state index >= 15 is 0 Å². The SMILES string of the molecule is O=C1NCCN(c2cccc([N+](=O)[O-])c2)N1. The number of nitrogens with one attached hydrogen (secondary N) is 2. The zero-order valence-corrected chi connectivity index (χ0v) is 8.34. The van der Waals surface area contributed by atoms with Crippen LogP contribution in [0.1, 0.15) is 0 Å². The Morgan fingerprint density at radius 1 is 1.44 bits per heavy atom. The summed E-state index contributed by atoms with van der Waals surface area (Å²) in [4.78, 5) is 21.2. The molecule has 0 bridgehead atoms. The Kier molecular flexibility index (Phi) is 2.59. The normalized spacial score (nSPS) is 15.2. The average molecular weight is 222 g/mol. The maximum absolute atomic E-state index is 11.1. The third-order valence-electron chi connectivity index (χ3n) is 2.21. The molecule has 1 aromatic carbocycles. The number of carbonyl (C=O) groups is 1. The minimum atomic E-state index is -0.465. The predicted molar refractivity (Wildman–Crippen MR) is 57.0 cm³/mol. The van der Waals surface area contributed by atoms with E-state index in [4.69, 9.17) is 0 Å². The predicted octanol–water partition coefficient (Wildman–Crippen LogP) is 0.629. The van der Waals surface area contributed by atoms with Gasteiger partial charge in [0, 0.05) is 18.7 Å². The van der Waals surface area contributed by atoms with Crippen molar-refractivity contribution in [2.75, 3.05) is 18.1 Å². The van der Waals surface area contributed by atoms with Crippen molar-refractivity contribution in [1.82, 2.24) is 10.7 Å². The number of carbonyl (C=O) groups excluding carboxylic acids is 1. The van der Waals surface area contributed by atoms with E-state index in [-0.39, 0.29) is 11.7 Å². The molecular formula is C9H10N4O3. The lowest BCUT2D eigenvalue weighted by Gasteiger charge is -2.29. The van der Waals surface area contributed by atoms with Gasteiger partial charge in [-0.15, -0.1) is 0 Å². The third-order valence-corrected chi connectivity index (χ3v) is 2.21. The number of hydrazine groups is 1. The summed E-state index contributed by atoms with van der Waals surface area (Å²) in [6, 6.07) is 5.82. The molecule has 1 aromatic rings. The van der Waals surface area contributed by atoms with E-state index in [0.29, 0.717) is 18.8 Å². The summed E-state index contributed by atoms with van der Waals surface area (Å²) in [6.45, 7) is 1.07. The Balaban J connectivity index is 2.22. The van der Waals surface area contributed by atoms with Gasteiger partial charge in [0.15, 0.2) is 0 Å². The van der Waals surface area contributed by atoms with Gasteiger partial charge in [-0.25, -0.2) is 10.2 Å². The number of rotatable bonds is 2. The summed E-state index contributed by atoms with van der Waals surface area (Å²) >= 11 is 0. The van der Waals surface area contributed by atoms with Gasteiger partial charge in [0.2, 0.25) is 0 Å². The van der Waals surface area contributed by atoms with Crippen LogP contribution in [0, 0.1) is 10.1 Å². The zero-order valence-electron chi connectivity index (χ0n) is 8.34. The van der Waals surface area contributed by atoms with Crippen LogP contribution in [0.3, 0.4) is 0 Å². The van der Waals surface area contributed by atoms with Crippen molar-refractivity contribution in [1.29, 1.82) is 0 Å². The first-order valence-corrected chi connectivity index (χ1v) is 4.73. The molecule has 0 saturated carbocycles. The number of amides is 2. The molecule has 7 nitrogen and oxygen atoms in total. The summed E-state index contributed by atoms with van der Waals surface area (Å²) in [6.07, 6.45) is 0. The first kappa shape index (κ1) is 10.2. The van der Waals surface area contributed by atoms with Gasteiger partial charge in [-0.05, 0) is 6.07 Å². The van der Waals surface area contributed by atoms with Gasteiger partial charge in [-0.3, -0.25) is 15.1 Å². The Bertz CT molecular complexity index is 435. The molecule has 0 unspecified atom stereocenters. The monoisotopic (exact) mass is 222 g/mol. The maximum Gasteiger partial charge on any atom is 0.333 e. The molecule has 1 fully saturated rings. The highest BCUT2D eigenvalue weighted by Gasteiger charge is 2.17. The second-order valence-corrected chi connectivity index (χ2v) is 3.30. The van der Waals surface area contributed by atoms with Gasteiger partial charge >= 0.3 is 6.03 Å². The highest BCUT2D eigenvalue weighted by atomic mass is 16.6. The molecule has 2 N–H and O–H groups in total. The van der Waals surface area contributed by atoms with Crippen LogP contribution in [0.15, 0.2) is 24.3 Å². The number of non-ortho nitro benzene ring substituents is 1. The van der Waals surface area contributed by atoms with Gasteiger partial charge in [-0.2, -0.15) is 0 Å². The van der Waals surface area contributed by atoms with Crippen molar-refractivity contribution < 1.29 is 9.72 Å². The van der Waals surface area contributed by atoms with Crippen LogP contribution in [0.2, 0.25) is 0 Å². The summed E-state index contributed by atoms with van der Waals surface area (Å²) < 4.78 is 0. The summed E-state index contributed by atoms with van der Waals surface area (Å²) in [5.74, 6) is 0. The molecule has 0 radical (unpaired) electrons. The number of anilines is 1. The van der Waals surface area contributed by atoms with Crippen LogP contribution in [-0.4, -0.2) is 24.0 Å². The molecule has 2 rings (SSSR count). The van der Waals surface area contributed by atoms with Gasteiger partial charge in [0.1, 0.15) is 0 Å². The fourth-order valence-corrected chi connectivity index (χ4v) is 1.47. The molecule has 84 valence electrons. The van der Waals surface area contributed by atoms with Gasteiger partial charge < -0.3 is 5.32 Å². The molecule has 1 saturated heterocycles. The minimum absolute atomic E-state index is 0.00489. The van der Waals surface area contributed by atoms with E-state index in [1.165, 1.54) is 12.1 Å². The van der Waals surface area contributed by atoms with Crippen molar-refractivity contribution in [2.45, 2.75) is 0 Å². The van der Waals surface area contributed by atoms with E-state index in [1.807, 2.05) is 0 Å². The molecular weight excluding hydrogens is 212 g/mol. The van der Waals surface area contributed by atoms with Crippen molar-refractivity contribution in [3.8, 4) is 0 Å². The quantitative estimate of drug-likeness (QED) is 0.567. The molecule has 0 aliphatic carbocycles. The van der Waals surface area contributed by atoms with Crippen molar-refractivity contribution in [2.24, 2.45) is 0 Å². The topological polar surface area (TPSA) is 87.5 Å². The Hall–Kier alpha value is -2.31. The molecule has 2 amide bonds. The summed E-state index contributed by atoms with van der Waals surface area (Å²) in [5.41, 5.74) is 3.17. The van der Waals surface area contributed by atoms with E-state index in [2.05, 4.69) is 10.7 Å². The molecule has 0 aromatic heterocycles. The molecule has 1 aliphatic heterocycles. The first-order chi connectivity index (χ1) is 7.66. The second kappa shape index (κ2) is 4.05. The lowest BCUT2D eigenvalue weighted by molar-refractivity contribution is -0.384. The zero-order chi connectivity index (χ0) is 11.5. The highest BCUT2D eigenvalue weighted by Crippen LogP contribution is 2.20. The van der Waals surface area contributed by atoms with E-state index in [0.717, 1.165) is 0 Å². The number of urea groups is 1. The molecule has 16 heavy (non-hydrogen) atoms. The fraction of sp³-hybridized carbons (Fsp3) is 0.222. The maximum atomic E-state index is 11.1. The van der Waals surface area contributed by atoms with Crippen LogP contribution in [-0.2, 0) is 0 Å². The minimum Gasteiger partial charge on any atom is -0.335 e. The lowest BCUT2D eigenvalue weighted by atomic mass is 10.2. The number of nitro groups is 1. The number of nitrogens with zero attached hydrogens (tertiary/aromatic N) is 2. The lowest BCUT2D eigenvalue weighted by Crippen LogP contribution is -2.56. The smallest absolute Gasteiger partial charge is 0.333 e. The highest BCUT2D eigenvalue weighted by molar-refractivity contribution is 5.77. The Labute approximate surface area is 91.2 Å². The van der Waals surface area contributed by atoms with Gasteiger partial charge in [0.05, 0.1) is 17.2 Å². The molecule has 0 spiro atoms. The van der Waals surface area contributed by atoms with Crippen LogP contribution in [0.5, 0.6) is 0 Å². The van der Waals surface area contributed by atoms with Crippen LogP contribution >= 0.6 is 0 Å². The van der Waals surface area contributed by atoms with Crippen molar-refractivity contribution in [3.63, 3.8) is 0 Å². The first-order valence-electron chi connectivity index (χ1n) is 4.73. The molecule has 0 atom stereocenters. The second-order valence-electron chi connectivity index (χ2n) is 3.30. The van der Waals surface area contributed by atoms with Gasteiger partial charge in [0.25, 0.3) is 5.69 Å². The van der Waals surface area contributed by atoms with E-state index in [1.54, 1.807) is 17.1 Å². The standard InChI is InChI=1S/C9H10N4O3/c14-9-10-4-5-12(11-9)7-2-1-3-8(6-7)13(15)16/h1-3,6H,4-5H2,(H2,10,11,14). The third kappa shape index (κ3) is 2.02. The summed E-state index contributed by atoms with van der Waals surface area (Å²) in [7, 11) is 0. The average Bonchev–Trinajstić information content (AvgIpc) is 2.29. The van der Waals surface area contributed by atoms with Crippen LogP contribution in [0.25, 0.3) is 0 Å². The van der Waals surface area contributed by atoms with Crippen LogP contribution < -0.4 is 15.8 Å². The van der Waals surface area contributed by atoms with Crippen molar-refractivity contribution in [3.05, 3.63) is 34.4 Å². The summed E-state index contributed by atoms with van der Waals surface area (Å²) in [5, 5.41) is 14.8. The number of benzene rings is 1. The van der Waals surface area contributed by atoms with Gasteiger partial charge in [-0.1, -0.05) is 6.07 Å². The number of hydrogen-bond acceptors (Lipinski definition) is 4. The molecule has 1 heterocycles. The van der Waals surface area contributed by atoms with Crippen LogP contribution in [0.4, 0.5) is 16.2 Å². The number of hydrogen-bond donors (Lipinski definition) is 2. The van der Waals surface area contributed by atoms with E-state index < -0.39 is 4.92 Å². The Morgan fingerprint density at radius 3 is 2.94 bits per heavy atom.